The van der Waals surface area contributed by atoms with Gasteiger partial charge in [0.05, 0.1) is 11.9 Å². The minimum atomic E-state index is -0.245. The number of rotatable bonds is 3. The smallest absolute Gasteiger partial charge is 0.246 e. The maximum absolute atomic E-state index is 12.2. The average molecular weight is 297 g/mol. The topological polar surface area (TPSA) is 98.8 Å². The summed E-state index contributed by atoms with van der Waals surface area (Å²) in [7, 11) is 0. The Hall–Kier alpha value is -2.52. The van der Waals surface area contributed by atoms with Crippen LogP contribution in [0.2, 0.25) is 0 Å². The molecule has 8 nitrogen and oxygen atoms in total. The van der Waals surface area contributed by atoms with Gasteiger partial charge in [-0.15, -0.1) is 0 Å². The van der Waals surface area contributed by atoms with Crippen LogP contribution in [-0.2, 0) is 6.42 Å². The summed E-state index contributed by atoms with van der Waals surface area (Å²) < 4.78 is 1.62. The zero-order valence-corrected chi connectivity index (χ0v) is 11.6. The Morgan fingerprint density at radius 3 is 2.68 bits per heavy atom. The second-order valence-corrected chi connectivity index (χ2v) is 5.07. The molecular weight excluding hydrogens is 282 g/mol. The molecule has 0 saturated carbocycles. The Labute approximate surface area is 125 Å². The van der Waals surface area contributed by atoms with Crippen LogP contribution < -0.4 is 27.6 Å². The summed E-state index contributed by atoms with van der Waals surface area (Å²) in [4.78, 5) is 12.2. The standard InChI is InChI=1S/C14H15N7O/c22-14-18-17-13(8-12-15-19-20-16-12)21(14)11-7-3-5-9-4-1-2-6-10(9)11/h1-7,12,15-16,19-20H,8H2,(H,18,22). The zero-order chi connectivity index (χ0) is 14.9. The minimum Gasteiger partial charge on any atom is -0.246 e. The van der Waals surface area contributed by atoms with E-state index in [0.717, 1.165) is 16.5 Å². The number of nitrogens with zero attached hydrogens (tertiary/aromatic N) is 2. The normalized spacial score (nSPS) is 15.6. The third kappa shape index (κ3) is 2.20. The van der Waals surface area contributed by atoms with Crippen LogP contribution >= 0.6 is 0 Å². The average Bonchev–Trinajstić information content (AvgIpc) is 3.18. The molecule has 5 N–H and O–H groups in total. The highest BCUT2D eigenvalue weighted by atomic mass is 16.1. The van der Waals surface area contributed by atoms with Crippen molar-refractivity contribution in [3.63, 3.8) is 0 Å². The van der Waals surface area contributed by atoms with Gasteiger partial charge >= 0.3 is 5.69 Å². The highest BCUT2D eigenvalue weighted by molar-refractivity contribution is 5.90. The Balaban J connectivity index is 1.84. The predicted octanol–water partition coefficient (Wildman–Crippen LogP) is -0.301. The van der Waals surface area contributed by atoms with Crippen LogP contribution in [0.3, 0.4) is 0 Å². The van der Waals surface area contributed by atoms with E-state index in [-0.39, 0.29) is 11.9 Å². The third-order valence-electron chi connectivity index (χ3n) is 3.69. The number of benzene rings is 2. The predicted molar refractivity (Wildman–Crippen MR) is 81.7 cm³/mol. The van der Waals surface area contributed by atoms with Crippen molar-refractivity contribution in [1.29, 1.82) is 0 Å². The van der Waals surface area contributed by atoms with Crippen LogP contribution in [-0.4, -0.2) is 20.9 Å². The van der Waals surface area contributed by atoms with Crippen LogP contribution in [0, 0.1) is 0 Å². The second-order valence-electron chi connectivity index (χ2n) is 5.07. The number of hydrogen-bond donors (Lipinski definition) is 5. The molecule has 2 aromatic carbocycles. The molecule has 0 atom stereocenters. The number of hydrogen-bond acceptors (Lipinski definition) is 6. The molecule has 1 aromatic heterocycles. The van der Waals surface area contributed by atoms with Crippen LogP contribution in [0.5, 0.6) is 0 Å². The molecule has 0 bridgehead atoms. The van der Waals surface area contributed by atoms with Crippen molar-refractivity contribution in [3.8, 4) is 5.69 Å². The molecule has 1 saturated heterocycles. The maximum Gasteiger partial charge on any atom is 0.347 e. The lowest BCUT2D eigenvalue weighted by Gasteiger charge is -2.11. The Kier molecular flexibility index (Phi) is 3.20. The van der Waals surface area contributed by atoms with Crippen molar-refractivity contribution in [3.05, 3.63) is 58.8 Å². The van der Waals surface area contributed by atoms with E-state index in [2.05, 4.69) is 32.1 Å². The summed E-state index contributed by atoms with van der Waals surface area (Å²) in [6, 6.07) is 13.9. The molecule has 0 spiro atoms. The summed E-state index contributed by atoms with van der Waals surface area (Å²) in [5.41, 5.74) is 12.1. The van der Waals surface area contributed by atoms with Crippen LogP contribution in [0.15, 0.2) is 47.3 Å². The van der Waals surface area contributed by atoms with Crippen molar-refractivity contribution < 1.29 is 0 Å². The number of hydrazine groups is 3. The molecule has 0 radical (unpaired) electrons. The van der Waals surface area contributed by atoms with Gasteiger partial charge in [0.25, 0.3) is 0 Å². The van der Waals surface area contributed by atoms with Crippen LogP contribution in [0.25, 0.3) is 16.5 Å². The minimum absolute atomic E-state index is 0.0658. The SMILES string of the molecule is O=c1[nH]nc(CC2NNNN2)n1-c1cccc2ccccc12. The number of fused-ring (bicyclic) bond motifs is 1. The third-order valence-corrected chi connectivity index (χ3v) is 3.69. The van der Waals surface area contributed by atoms with Gasteiger partial charge in [0.15, 0.2) is 0 Å². The second kappa shape index (κ2) is 5.35. The lowest BCUT2D eigenvalue weighted by atomic mass is 10.1. The van der Waals surface area contributed by atoms with E-state index in [4.69, 9.17) is 0 Å². The lowest BCUT2D eigenvalue weighted by Crippen LogP contribution is -2.37. The molecule has 4 rings (SSSR count). The Morgan fingerprint density at radius 1 is 1.05 bits per heavy atom. The molecule has 0 amide bonds. The van der Waals surface area contributed by atoms with Crippen molar-refractivity contribution in [2.75, 3.05) is 0 Å². The maximum atomic E-state index is 12.2. The first-order chi connectivity index (χ1) is 10.8. The van der Waals surface area contributed by atoms with Crippen LogP contribution in [0.4, 0.5) is 0 Å². The fourth-order valence-electron chi connectivity index (χ4n) is 2.69. The first-order valence-corrected chi connectivity index (χ1v) is 6.98. The largest absolute Gasteiger partial charge is 0.347 e. The molecule has 112 valence electrons. The van der Waals surface area contributed by atoms with E-state index in [1.807, 2.05) is 42.5 Å². The summed E-state index contributed by atoms with van der Waals surface area (Å²) in [5, 5.41) is 8.78. The fraction of sp³-hybridized carbons (Fsp3) is 0.143. The summed E-state index contributed by atoms with van der Waals surface area (Å²) in [6.45, 7) is 0. The van der Waals surface area contributed by atoms with E-state index < -0.39 is 0 Å². The molecule has 2 heterocycles. The van der Waals surface area contributed by atoms with E-state index >= 15 is 0 Å². The summed E-state index contributed by atoms with van der Waals surface area (Å²) in [6.07, 6.45) is 0.464. The summed E-state index contributed by atoms with van der Waals surface area (Å²) >= 11 is 0. The molecule has 0 unspecified atom stereocenters. The van der Waals surface area contributed by atoms with Gasteiger partial charge in [-0.2, -0.15) is 16.2 Å². The van der Waals surface area contributed by atoms with Crippen molar-refractivity contribution in [2.24, 2.45) is 0 Å². The number of aromatic nitrogens is 3. The van der Waals surface area contributed by atoms with E-state index in [9.17, 15) is 4.79 Å². The molecular formula is C14H15N7O. The molecule has 1 aliphatic heterocycles. The lowest BCUT2D eigenvalue weighted by molar-refractivity contribution is 0.506. The summed E-state index contributed by atoms with van der Waals surface area (Å²) in [5.74, 6) is 0.650. The Bertz CT molecular complexity index is 858. The number of nitrogens with one attached hydrogen (secondary N) is 5. The van der Waals surface area contributed by atoms with Crippen molar-refractivity contribution in [2.45, 2.75) is 12.6 Å². The highest BCUT2D eigenvalue weighted by Crippen LogP contribution is 2.21. The van der Waals surface area contributed by atoms with Gasteiger partial charge in [-0.3, -0.25) is 0 Å². The van der Waals surface area contributed by atoms with E-state index in [1.54, 1.807) is 4.57 Å². The monoisotopic (exact) mass is 297 g/mol. The van der Waals surface area contributed by atoms with E-state index in [1.165, 1.54) is 0 Å². The number of H-pyrrole nitrogens is 1. The van der Waals surface area contributed by atoms with Crippen LogP contribution in [0.1, 0.15) is 5.82 Å². The quantitative estimate of drug-likeness (QED) is 0.455. The van der Waals surface area contributed by atoms with Gasteiger partial charge in [-0.25, -0.2) is 25.3 Å². The van der Waals surface area contributed by atoms with Crippen molar-refractivity contribution >= 4 is 10.8 Å². The van der Waals surface area contributed by atoms with Gasteiger partial charge < -0.3 is 0 Å². The van der Waals surface area contributed by atoms with Crippen molar-refractivity contribution in [1.82, 2.24) is 36.7 Å². The molecule has 3 aromatic rings. The van der Waals surface area contributed by atoms with Gasteiger partial charge in [0, 0.05) is 11.8 Å². The molecule has 1 fully saturated rings. The first-order valence-electron chi connectivity index (χ1n) is 6.98. The van der Waals surface area contributed by atoms with Gasteiger partial charge in [-0.1, -0.05) is 36.4 Å². The molecule has 8 heteroatoms. The number of aromatic amines is 1. The van der Waals surface area contributed by atoms with Gasteiger partial charge in [0.1, 0.15) is 5.82 Å². The van der Waals surface area contributed by atoms with Gasteiger partial charge in [0.2, 0.25) is 0 Å². The molecule has 0 aliphatic carbocycles. The molecule has 1 aliphatic rings. The molecule has 22 heavy (non-hydrogen) atoms. The van der Waals surface area contributed by atoms with Gasteiger partial charge in [-0.05, 0) is 11.5 Å². The highest BCUT2D eigenvalue weighted by Gasteiger charge is 2.19. The first kappa shape index (κ1) is 13.2. The zero-order valence-electron chi connectivity index (χ0n) is 11.6. The Morgan fingerprint density at radius 2 is 1.82 bits per heavy atom. The fourth-order valence-corrected chi connectivity index (χ4v) is 2.69. The van der Waals surface area contributed by atoms with E-state index in [0.29, 0.717) is 12.2 Å².